The lowest BCUT2D eigenvalue weighted by molar-refractivity contribution is -0.148. The van der Waals surface area contributed by atoms with E-state index in [1.807, 2.05) is 0 Å². The molecule has 1 aromatic rings. The second kappa shape index (κ2) is 7.37. The van der Waals surface area contributed by atoms with Crippen molar-refractivity contribution >= 4 is 12.1 Å². The number of rotatable bonds is 2. The highest BCUT2D eigenvalue weighted by atomic mass is 19.1. The fourth-order valence-electron chi connectivity index (χ4n) is 3.00. The van der Waals surface area contributed by atoms with Crippen molar-refractivity contribution in [1.29, 1.82) is 0 Å². The highest BCUT2D eigenvalue weighted by molar-refractivity contribution is 5.75. The summed E-state index contributed by atoms with van der Waals surface area (Å²) < 4.78 is 37.6. The molecule has 0 aromatic heterocycles. The van der Waals surface area contributed by atoms with Crippen LogP contribution >= 0.6 is 0 Å². The van der Waals surface area contributed by atoms with Crippen molar-refractivity contribution in [2.24, 2.45) is 5.92 Å². The number of methoxy groups -OCH3 is 1. The lowest BCUT2D eigenvalue weighted by atomic mass is 9.80. The quantitative estimate of drug-likeness (QED) is 0.762. The summed E-state index contributed by atoms with van der Waals surface area (Å²) in [6.07, 6.45) is -0.212. The van der Waals surface area contributed by atoms with Gasteiger partial charge in [-0.25, -0.2) is 13.6 Å². The largest absolute Gasteiger partial charge is 0.469 e. The average molecular weight is 355 g/mol. The van der Waals surface area contributed by atoms with Crippen LogP contribution in [-0.4, -0.2) is 42.8 Å². The molecule has 138 valence electrons. The van der Waals surface area contributed by atoms with E-state index in [1.165, 1.54) is 18.1 Å². The predicted octanol–water partition coefficient (Wildman–Crippen LogP) is 3.48. The summed E-state index contributed by atoms with van der Waals surface area (Å²) in [5, 5.41) is 0. The Labute approximate surface area is 145 Å². The van der Waals surface area contributed by atoms with Crippen molar-refractivity contribution < 1.29 is 27.8 Å². The van der Waals surface area contributed by atoms with Gasteiger partial charge in [0.1, 0.15) is 17.2 Å². The van der Waals surface area contributed by atoms with Crippen molar-refractivity contribution in [2.75, 3.05) is 20.2 Å². The minimum Gasteiger partial charge on any atom is -0.469 e. The van der Waals surface area contributed by atoms with Crippen LogP contribution in [0, 0.1) is 17.6 Å². The minimum atomic E-state index is -0.745. The van der Waals surface area contributed by atoms with Crippen LogP contribution in [0.15, 0.2) is 18.2 Å². The number of carbonyl (C=O) groups excluding carboxylic acids is 2. The van der Waals surface area contributed by atoms with Gasteiger partial charge in [0.15, 0.2) is 0 Å². The summed E-state index contributed by atoms with van der Waals surface area (Å²) in [4.78, 5) is 25.8. The van der Waals surface area contributed by atoms with E-state index in [0.29, 0.717) is 13.0 Å². The number of benzene rings is 1. The molecular weight excluding hydrogens is 332 g/mol. The van der Waals surface area contributed by atoms with E-state index in [9.17, 15) is 18.4 Å². The van der Waals surface area contributed by atoms with Crippen LogP contribution in [0.4, 0.5) is 13.6 Å². The molecule has 1 amide bonds. The molecule has 0 unspecified atom stereocenters. The topological polar surface area (TPSA) is 55.8 Å². The van der Waals surface area contributed by atoms with Crippen LogP contribution in [0.25, 0.3) is 0 Å². The first-order chi connectivity index (χ1) is 11.6. The number of esters is 1. The number of piperidine rings is 1. The Morgan fingerprint density at radius 3 is 2.48 bits per heavy atom. The Morgan fingerprint density at radius 2 is 1.92 bits per heavy atom. The maximum atomic E-state index is 14.2. The van der Waals surface area contributed by atoms with E-state index in [2.05, 4.69) is 0 Å². The number of nitrogens with zero attached hydrogens (tertiary/aromatic N) is 1. The average Bonchev–Trinajstić information content (AvgIpc) is 2.52. The molecular formula is C18H23F2NO4. The van der Waals surface area contributed by atoms with E-state index < -0.39 is 41.1 Å². The molecule has 0 aliphatic carbocycles. The van der Waals surface area contributed by atoms with Crippen LogP contribution in [0.3, 0.4) is 0 Å². The molecule has 7 heteroatoms. The molecule has 1 heterocycles. The van der Waals surface area contributed by atoms with E-state index in [0.717, 1.165) is 12.1 Å². The van der Waals surface area contributed by atoms with Gasteiger partial charge in [0, 0.05) is 25.1 Å². The van der Waals surface area contributed by atoms with Gasteiger partial charge in [-0.2, -0.15) is 0 Å². The van der Waals surface area contributed by atoms with Gasteiger partial charge < -0.3 is 14.4 Å². The first-order valence-corrected chi connectivity index (χ1v) is 8.13. The Morgan fingerprint density at radius 1 is 1.24 bits per heavy atom. The molecule has 1 aliphatic heterocycles. The lowest BCUT2D eigenvalue weighted by Gasteiger charge is -2.38. The first kappa shape index (κ1) is 19.1. The standard InChI is InChI=1S/C18H23F2NO4/c1-18(2,3)25-17(23)21-8-7-13(16(22)24-4)14(10-21)12-6-5-11(19)9-15(12)20/h5-6,9,13-14H,7-8,10H2,1-4H3/t13-,14-/m1/s1. The van der Waals surface area contributed by atoms with Crippen LogP contribution < -0.4 is 0 Å². The molecule has 1 aliphatic rings. The zero-order valence-electron chi connectivity index (χ0n) is 14.8. The van der Waals surface area contributed by atoms with Gasteiger partial charge in [-0.1, -0.05) is 6.07 Å². The molecule has 5 nitrogen and oxygen atoms in total. The molecule has 0 saturated carbocycles. The first-order valence-electron chi connectivity index (χ1n) is 8.13. The highest BCUT2D eigenvalue weighted by Gasteiger charge is 2.39. The van der Waals surface area contributed by atoms with Crippen LogP contribution in [0.1, 0.15) is 38.7 Å². The Balaban J connectivity index is 2.29. The molecule has 0 bridgehead atoms. The smallest absolute Gasteiger partial charge is 0.410 e. The van der Waals surface area contributed by atoms with Crippen molar-refractivity contribution in [2.45, 2.75) is 38.7 Å². The summed E-state index contributed by atoms with van der Waals surface area (Å²) in [7, 11) is 1.26. The van der Waals surface area contributed by atoms with Gasteiger partial charge >= 0.3 is 12.1 Å². The molecule has 1 fully saturated rings. The molecule has 25 heavy (non-hydrogen) atoms. The maximum Gasteiger partial charge on any atom is 0.410 e. The third-order valence-corrected chi connectivity index (χ3v) is 4.13. The van der Waals surface area contributed by atoms with E-state index in [4.69, 9.17) is 9.47 Å². The number of amides is 1. The van der Waals surface area contributed by atoms with Gasteiger partial charge in [0.25, 0.3) is 0 Å². The summed E-state index contributed by atoms with van der Waals surface area (Å²) >= 11 is 0. The molecule has 2 rings (SSSR count). The van der Waals surface area contributed by atoms with Crippen molar-refractivity contribution in [3.05, 3.63) is 35.4 Å². The van der Waals surface area contributed by atoms with Crippen LogP contribution in [0.2, 0.25) is 0 Å². The second-order valence-corrected chi connectivity index (χ2v) is 7.12. The number of likely N-dealkylation sites (tertiary alicyclic amines) is 1. The third-order valence-electron chi connectivity index (χ3n) is 4.13. The summed E-state index contributed by atoms with van der Waals surface area (Å²) in [6.45, 7) is 5.65. The maximum absolute atomic E-state index is 14.2. The predicted molar refractivity (Wildman–Crippen MR) is 87.0 cm³/mol. The number of hydrogen-bond donors (Lipinski definition) is 0. The fraction of sp³-hybridized carbons (Fsp3) is 0.556. The highest BCUT2D eigenvalue weighted by Crippen LogP contribution is 2.35. The van der Waals surface area contributed by atoms with Crippen molar-refractivity contribution in [3.63, 3.8) is 0 Å². The molecule has 0 N–H and O–H groups in total. The number of ether oxygens (including phenoxy) is 2. The molecule has 0 radical (unpaired) electrons. The summed E-state index contributed by atoms with van der Waals surface area (Å²) in [6, 6.07) is 3.22. The molecule has 1 saturated heterocycles. The molecule has 2 atom stereocenters. The normalized spacial score (nSPS) is 21.0. The van der Waals surface area contributed by atoms with Crippen molar-refractivity contribution in [3.8, 4) is 0 Å². The van der Waals surface area contributed by atoms with Gasteiger partial charge in [-0.05, 0) is 38.8 Å². The Hall–Kier alpha value is -2.18. The fourth-order valence-corrected chi connectivity index (χ4v) is 3.00. The third kappa shape index (κ3) is 4.67. The minimum absolute atomic E-state index is 0.0945. The number of hydrogen-bond acceptors (Lipinski definition) is 4. The lowest BCUT2D eigenvalue weighted by Crippen LogP contribution is -2.47. The summed E-state index contributed by atoms with van der Waals surface area (Å²) in [5.41, 5.74) is -0.475. The van der Waals surface area contributed by atoms with Crippen LogP contribution in [-0.2, 0) is 14.3 Å². The summed E-state index contributed by atoms with van der Waals surface area (Å²) in [5.74, 6) is -3.16. The molecule has 0 spiro atoms. The second-order valence-electron chi connectivity index (χ2n) is 7.12. The van der Waals surface area contributed by atoms with Gasteiger partial charge in [-0.3, -0.25) is 4.79 Å². The van der Waals surface area contributed by atoms with Crippen LogP contribution in [0.5, 0.6) is 0 Å². The van der Waals surface area contributed by atoms with E-state index in [1.54, 1.807) is 20.8 Å². The van der Waals surface area contributed by atoms with Gasteiger partial charge in [0.2, 0.25) is 0 Å². The zero-order chi connectivity index (χ0) is 18.8. The number of carbonyl (C=O) groups is 2. The van der Waals surface area contributed by atoms with Crippen molar-refractivity contribution in [1.82, 2.24) is 4.90 Å². The SMILES string of the molecule is COC(=O)[C@@H]1CCN(C(=O)OC(C)(C)C)C[C@@H]1c1ccc(F)cc1F. The van der Waals surface area contributed by atoms with Gasteiger partial charge in [0.05, 0.1) is 13.0 Å². The Bertz CT molecular complexity index is 657. The number of halogens is 2. The van der Waals surface area contributed by atoms with E-state index >= 15 is 0 Å². The molecule has 1 aromatic carbocycles. The van der Waals surface area contributed by atoms with E-state index in [-0.39, 0.29) is 12.1 Å². The Kier molecular flexibility index (Phi) is 5.65. The monoisotopic (exact) mass is 355 g/mol. The zero-order valence-corrected chi connectivity index (χ0v) is 14.8. The van der Waals surface area contributed by atoms with Gasteiger partial charge in [-0.15, -0.1) is 0 Å².